The molecule has 1 N–H and O–H groups in total. The number of H-pyrrole nitrogens is 1. The average molecular weight is 419 g/mol. The lowest BCUT2D eigenvalue weighted by atomic mass is 10.2. The Hall–Kier alpha value is -2.45. The van der Waals surface area contributed by atoms with Gasteiger partial charge in [-0.05, 0) is 36.5 Å². The van der Waals surface area contributed by atoms with E-state index in [4.69, 9.17) is 21.7 Å². The summed E-state index contributed by atoms with van der Waals surface area (Å²) in [5.74, 6) is 1.98. The van der Waals surface area contributed by atoms with Crippen molar-refractivity contribution in [2.24, 2.45) is 5.10 Å². The monoisotopic (exact) mass is 418 g/mol. The highest BCUT2D eigenvalue weighted by Crippen LogP contribution is 2.27. The lowest BCUT2D eigenvalue weighted by molar-refractivity contribution is 0.394. The fourth-order valence-electron chi connectivity index (χ4n) is 2.26. The lowest BCUT2D eigenvalue weighted by Gasteiger charge is -2.07. The maximum atomic E-state index is 5.38. The number of methoxy groups -OCH3 is 2. The van der Waals surface area contributed by atoms with Crippen LogP contribution in [0.25, 0.3) is 11.4 Å². The zero-order valence-corrected chi connectivity index (χ0v) is 16.0. The number of rotatable bonds is 5. The third-order valence-electron chi connectivity index (χ3n) is 3.52. The fraction of sp³-hybridized carbons (Fsp3) is 0.118. The standard InChI is InChI=1S/C17H15BrN4O2S/c1-23-12-8-7-11(15(9-12)24-2)10-19-22-16(20-21-17(22)25)13-5-3-4-6-14(13)18/h3-10H,1-2H3,(H,21,25)/b19-10+. The maximum absolute atomic E-state index is 5.38. The van der Waals surface area contributed by atoms with Crippen LogP contribution in [-0.2, 0) is 0 Å². The minimum Gasteiger partial charge on any atom is -0.497 e. The molecule has 0 aliphatic rings. The van der Waals surface area contributed by atoms with Crippen molar-refractivity contribution in [1.82, 2.24) is 14.9 Å². The Morgan fingerprint density at radius 1 is 1.20 bits per heavy atom. The van der Waals surface area contributed by atoms with E-state index in [2.05, 4.69) is 31.2 Å². The molecule has 3 aromatic rings. The minimum atomic E-state index is 0.398. The van der Waals surface area contributed by atoms with Gasteiger partial charge in [0.2, 0.25) is 4.77 Å². The number of hydrogen-bond acceptors (Lipinski definition) is 5. The first-order valence-electron chi connectivity index (χ1n) is 7.32. The van der Waals surface area contributed by atoms with Gasteiger partial charge in [0.1, 0.15) is 11.5 Å². The Bertz CT molecular complexity index is 981. The molecule has 0 radical (unpaired) electrons. The van der Waals surface area contributed by atoms with Crippen LogP contribution in [0.3, 0.4) is 0 Å². The van der Waals surface area contributed by atoms with Crippen LogP contribution in [0.5, 0.6) is 11.5 Å². The Labute approximate surface area is 158 Å². The van der Waals surface area contributed by atoms with Gasteiger partial charge in [-0.25, -0.2) is 5.10 Å². The van der Waals surface area contributed by atoms with Crippen LogP contribution in [0.1, 0.15) is 5.56 Å². The van der Waals surface area contributed by atoms with Crippen LogP contribution < -0.4 is 9.47 Å². The predicted octanol–water partition coefficient (Wildman–Crippen LogP) is 4.27. The topological polar surface area (TPSA) is 64.4 Å². The molecule has 0 saturated heterocycles. The van der Waals surface area contributed by atoms with E-state index in [1.165, 1.54) is 0 Å². The van der Waals surface area contributed by atoms with Crippen molar-refractivity contribution in [2.45, 2.75) is 0 Å². The third kappa shape index (κ3) is 3.64. The van der Waals surface area contributed by atoms with Crippen molar-refractivity contribution in [3.05, 3.63) is 57.3 Å². The van der Waals surface area contributed by atoms with E-state index in [9.17, 15) is 0 Å². The van der Waals surface area contributed by atoms with Crippen molar-refractivity contribution in [1.29, 1.82) is 0 Å². The van der Waals surface area contributed by atoms with Gasteiger partial charge in [0.05, 0.1) is 20.4 Å². The van der Waals surface area contributed by atoms with E-state index >= 15 is 0 Å². The fourth-order valence-corrected chi connectivity index (χ4v) is 2.90. The SMILES string of the molecule is COc1ccc(/C=N/n2c(-c3ccccc3Br)n[nH]c2=S)c(OC)c1. The zero-order valence-electron chi connectivity index (χ0n) is 13.6. The first-order valence-corrected chi connectivity index (χ1v) is 8.53. The largest absolute Gasteiger partial charge is 0.497 e. The average Bonchev–Trinajstić information content (AvgIpc) is 3.00. The first kappa shape index (κ1) is 17.4. The summed E-state index contributed by atoms with van der Waals surface area (Å²) in [6, 6.07) is 13.2. The Morgan fingerprint density at radius 3 is 2.72 bits per heavy atom. The van der Waals surface area contributed by atoms with Crippen molar-refractivity contribution in [3.63, 3.8) is 0 Å². The number of ether oxygens (including phenoxy) is 2. The highest BCUT2D eigenvalue weighted by atomic mass is 79.9. The summed E-state index contributed by atoms with van der Waals surface area (Å²) in [5, 5.41) is 11.5. The van der Waals surface area contributed by atoms with E-state index in [0.29, 0.717) is 22.1 Å². The molecule has 2 aromatic carbocycles. The predicted molar refractivity (Wildman–Crippen MR) is 103 cm³/mol. The number of halogens is 1. The van der Waals surface area contributed by atoms with Gasteiger partial charge in [0.25, 0.3) is 0 Å². The number of aromatic amines is 1. The summed E-state index contributed by atoms with van der Waals surface area (Å²) in [6.45, 7) is 0. The van der Waals surface area contributed by atoms with Crippen molar-refractivity contribution < 1.29 is 9.47 Å². The zero-order chi connectivity index (χ0) is 17.8. The van der Waals surface area contributed by atoms with Gasteiger partial charge in [-0.2, -0.15) is 14.9 Å². The van der Waals surface area contributed by atoms with E-state index < -0.39 is 0 Å². The van der Waals surface area contributed by atoms with Crippen molar-refractivity contribution in [2.75, 3.05) is 14.2 Å². The molecule has 0 amide bonds. The highest BCUT2D eigenvalue weighted by molar-refractivity contribution is 9.10. The smallest absolute Gasteiger partial charge is 0.216 e. The van der Waals surface area contributed by atoms with E-state index in [1.807, 2.05) is 36.4 Å². The van der Waals surface area contributed by atoms with Gasteiger partial charge in [0, 0.05) is 21.7 Å². The van der Waals surface area contributed by atoms with Crippen LogP contribution >= 0.6 is 28.1 Å². The molecule has 0 aliphatic carbocycles. The molecular formula is C17H15BrN4O2S. The highest BCUT2D eigenvalue weighted by Gasteiger charge is 2.11. The van der Waals surface area contributed by atoms with Crippen LogP contribution in [-0.4, -0.2) is 35.3 Å². The number of nitrogens with zero attached hydrogens (tertiary/aromatic N) is 3. The number of aromatic nitrogens is 3. The molecule has 0 fully saturated rings. The Balaban J connectivity index is 2.02. The van der Waals surface area contributed by atoms with E-state index in [1.54, 1.807) is 31.2 Å². The van der Waals surface area contributed by atoms with Crippen LogP contribution in [0.2, 0.25) is 0 Å². The van der Waals surface area contributed by atoms with Crippen molar-refractivity contribution in [3.8, 4) is 22.9 Å². The summed E-state index contributed by atoms with van der Waals surface area (Å²) in [5.41, 5.74) is 1.68. The minimum absolute atomic E-state index is 0.398. The molecule has 1 heterocycles. The van der Waals surface area contributed by atoms with Crippen LogP contribution in [0.15, 0.2) is 52.0 Å². The summed E-state index contributed by atoms with van der Waals surface area (Å²) < 4.78 is 13.5. The molecule has 1 aromatic heterocycles. The van der Waals surface area contributed by atoms with Gasteiger partial charge >= 0.3 is 0 Å². The molecule has 8 heteroatoms. The number of hydrogen-bond donors (Lipinski definition) is 1. The van der Waals surface area contributed by atoms with Crippen molar-refractivity contribution >= 4 is 34.4 Å². The molecule has 3 rings (SSSR count). The maximum Gasteiger partial charge on any atom is 0.216 e. The third-order valence-corrected chi connectivity index (χ3v) is 4.47. The second kappa shape index (κ2) is 7.62. The molecule has 0 bridgehead atoms. The Kier molecular flexibility index (Phi) is 5.30. The quantitative estimate of drug-likeness (QED) is 0.496. The van der Waals surface area contributed by atoms with Gasteiger partial charge < -0.3 is 9.47 Å². The van der Waals surface area contributed by atoms with E-state index in [-0.39, 0.29) is 0 Å². The first-order chi connectivity index (χ1) is 12.1. The molecule has 0 spiro atoms. The molecular weight excluding hydrogens is 404 g/mol. The lowest BCUT2D eigenvalue weighted by Crippen LogP contribution is -1.97. The molecule has 25 heavy (non-hydrogen) atoms. The molecule has 6 nitrogen and oxygen atoms in total. The second-order valence-electron chi connectivity index (χ2n) is 5.00. The summed E-state index contributed by atoms with van der Waals surface area (Å²) in [4.78, 5) is 0. The van der Waals surface area contributed by atoms with Gasteiger partial charge in [-0.3, -0.25) is 0 Å². The normalized spacial score (nSPS) is 11.0. The van der Waals surface area contributed by atoms with Crippen LogP contribution in [0, 0.1) is 4.77 Å². The van der Waals surface area contributed by atoms with Crippen LogP contribution in [0.4, 0.5) is 0 Å². The summed E-state index contributed by atoms with van der Waals surface area (Å²) in [6.07, 6.45) is 1.67. The molecule has 128 valence electrons. The summed E-state index contributed by atoms with van der Waals surface area (Å²) >= 11 is 8.82. The number of benzene rings is 2. The molecule has 0 aliphatic heterocycles. The number of nitrogens with one attached hydrogen (secondary N) is 1. The molecule has 0 unspecified atom stereocenters. The van der Waals surface area contributed by atoms with Gasteiger partial charge in [-0.1, -0.05) is 28.1 Å². The molecule has 0 atom stereocenters. The summed E-state index contributed by atoms with van der Waals surface area (Å²) in [7, 11) is 3.21. The Morgan fingerprint density at radius 2 is 2.00 bits per heavy atom. The molecule has 0 saturated carbocycles. The van der Waals surface area contributed by atoms with Gasteiger partial charge in [-0.15, -0.1) is 0 Å². The van der Waals surface area contributed by atoms with Gasteiger partial charge in [0.15, 0.2) is 5.82 Å². The van der Waals surface area contributed by atoms with E-state index in [0.717, 1.165) is 15.6 Å². The second-order valence-corrected chi connectivity index (χ2v) is 6.24.